The zero-order chi connectivity index (χ0) is 14.1. The van der Waals surface area contributed by atoms with Gasteiger partial charge in [-0.25, -0.2) is 9.50 Å². The fourth-order valence-electron chi connectivity index (χ4n) is 2.92. The van der Waals surface area contributed by atoms with Gasteiger partial charge in [0.15, 0.2) is 0 Å². The highest BCUT2D eigenvalue weighted by atomic mass is 32.1. The van der Waals surface area contributed by atoms with Crippen molar-refractivity contribution in [3.63, 3.8) is 0 Å². The first kappa shape index (κ1) is 12.8. The lowest BCUT2D eigenvalue weighted by molar-refractivity contribution is 0.462. The molecule has 1 aromatic carbocycles. The summed E-state index contributed by atoms with van der Waals surface area (Å²) in [5, 5.41) is 9.24. The molecule has 1 aliphatic rings. The lowest BCUT2D eigenvalue weighted by Gasteiger charge is -2.21. The molecule has 0 saturated heterocycles. The van der Waals surface area contributed by atoms with Crippen molar-refractivity contribution < 1.29 is 0 Å². The van der Waals surface area contributed by atoms with Crippen molar-refractivity contribution in [3.8, 4) is 11.3 Å². The molecule has 4 rings (SSSR count). The molecule has 5 heteroatoms. The van der Waals surface area contributed by atoms with Crippen LogP contribution < -0.4 is 5.32 Å². The summed E-state index contributed by atoms with van der Waals surface area (Å²) < 4.78 is 1.93. The quantitative estimate of drug-likeness (QED) is 0.794. The Hall–Kier alpha value is -1.88. The van der Waals surface area contributed by atoms with Crippen LogP contribution in [0, 0.1) is 6.07 Å². The van der Waals surface area contributed by atoms with Crippen molar-refractivity contribution in [1.82, 2.24) is 14.6 Å². The van der Waals surface area contributed by atoms with Crippen molar-refractivity contribution in [2.45, 2.75) is 38.1 Å². The molecule has 107 valence electrons. The molecule has 3 aromatic rings. The summed E-state index contributed by atoms with van der Waals surface area (Å²) >= 11 is 1.63. The number of benzene rings is 1. The molecular weight excluding hydrogens is 280 g/mol. The third-order valence-corrected chi connectivity index (χ3v) is 4.87. The van der Waals surface area contributed by atoms with Crippen LogP contribution in [0.2, 0.25) is 0 Å². The molecule has 2 aromatic heterocycles. The van der Waals surface area contributed by atoms with Crippen LogP contribution in [0.15, 0.2) is 30.5 Å². The van der Waals surface area contributed by atoms with Gasteiger partial charge in [0.25, 0.3) is 0 Å². The largest absolute Gasteiger partial charge is 0.357 e. The summed E-state index contributed by atoms with van der Waals surface area (Å²) in [6.07, 6.45) is 8.40. The van der Waals surface area contributed by atoms with Gasteiger partial charge >= 0.3 is 0 Å². The summed E-state index contributed by atoms with van der Waals surface area (Å²) in [6.45, 7) is 0. The Balaban J connectivity index is 1.63. The van der Waals surface area contributed by atoms with Crippen molar-refractivity contribution in [2.24, 2.45) is 0 Å². The number of nitrogens with zero attached hydrogens (tertiary/aromatic N) is 3. The number of rotatable bonds is 3. The lowest BCUT2D eigenvalue weighted by Crippen LogP contribution is -2.22. The first-order chi connectivity index (χ1) is 10.4. The molecule has 0 unspecified atom stereocenters. The fraction of sp³-hybridized carbons (Fsp3) is 0.375. The monoisotopic (exact) mass is 297 g/mol. The molecule has 0 aliphatic heterocycles. The van der Waals surface area contributed by atoms with Gasteiger partial charge in [-0.3, -0.25) is 0 Å². The molecule has 1 saturated carbocycles. The molecule has 0 amide bonds. The molecule has 1 radical (unpaired) electrons. The SMILES string of the molecule is [c]1cccc(-c2cnc3sc(NC4CCCCC4)nn23)c1. The number of hydrogen-bond acceptors (Lipinski definition) is 4. The zero-order valence-electron chi connectivity index (χ0n) is 11.7. The average Bonchev–Trinajstić information content (AvgIpc) is 3.09. The molecule has 0 atom stereocenters. The first-order valence-electron chi connectivity index (χ1n) is 7.48. The summed E-state index contributed by atoms with van der Waals surface area (Å²) in [7, 11) is 0. The Labute approximate surface area is 127 Å². The maximum Gasteiger partial charge on any atom is 0.214 e. The van der Waals surface area contributed by atoms with Gasteiger partial charge in [-0.2, -0.15) is 0 Å². The normalized spacial score (nSPS) is 16.4. The Kier molecular flexibility index (Phi) is 3.35. The van der Waals surface area contributed by atoms with Gasteiger partial charge in [-0.05, 0) is 25.0 Å². The van der Waals surface area contributed by atoms with Crippen LogP contribution in [-0.2, 0) is 0 Å². The standard InChI is InChI=1S/C16H17N4S/c1-3-7-12(8-4-1)14-11-17-16-20(14)19-15(21-16)18-13-9-5-2-6-10-13/h1,3,7-8,11,13H,2,5-6,9-10H2,(H,18,19). The minimum Gasteiger partial charge on any atom is -0.357 e. The maximum absolute atomic E-state index is 4.69. The second kappa shape index (κ2) is 5.48. The highest BCUT2D eigenvalue weighted by molar-refractivity contribution is 7.20. The second-order valence-electron chi connectivity index (χ2n) is 5.52. The van der Waals surface area contributed by atoms with E-state index in [1.165, 1.54) is 32.1 Å². The number of hydrogen-bond donors (Lipinski definition) is 1. The van der Waals surface area contributed by atoms with Crippen LogP contribution in [0.25, 0.3) is 16.2 Å². The van der Waals surface area contributed by atoms with E-state index in [0.29, 0.717) is 6.04 Å². The van der Waals surface area contributed by atoms with E-state index in [4.69, 9.17) is 5.10 Å². The predicted molar refractivity (Wildman–Crippen MR) is 85.6 cm³/mol. The van der Waals surface area contributed by atoms with E-state index in [-0.39, 0.29) is 0 Å². The summed E-state index contributed by atoms with van der Waals surface area (Å²) in [4.78, 5) is 5.41. The van der Waals surface area contributed by atoms with Gasteiger partial charge in [0.05, 0.1) is 11.9 Å². The van der Waals surface area contributed by atoms with Crippen LogP contribution in [0.4, 0.5) is 5.13 Å². The Morgan fingerprint density at radius 3 is 3.00 bits per heavy atom. The summed E-state index contributed by atoms with van der Waals surface area (Å²) in [5.41, 5.74) is 2.12. The van der Waals surface area contributed by atoms with E-state index >= 15 is 0 Å². The van der Waals surface area contributed by atoms with E-state index in [0.717, 1.165) is 21.3 Å². The third-order valence-electron chi connectivity index (χ3n) is 4.02. The highest BCUT2D eigenvalue weighted by Gasteiger charge is 2.16. The van der Waals surface area contributed by atoms with Gasteiger partial charge in [-0.1, -0.05) is 48.8 Å². The maximum atomic E-state index is 4.69. The fourth-order valence-corrected chi connectivity index (χ4v) is 3.77. The van der Waals surface area contributed by atoms with E-state index in [1.54, 1.807) is 11.3 Å². The Morgan fingerprint density at radius 1 is 1.29 bits per heavy atom. The van der Waals surface area contributed by atoms with Gasteiger partial charge in [0, 0.05) is 11.6 Å². The molecular formula is C16H17N4S. The average molecular weight is 297 g/mol. The van der Waals surface area contributed by atoms with Crippen LogP contribution >= 0.6 is 11.3 Å². The number of fused-ring (bicyclic) bond motifs is 1. The topological polar surface area (TPSA) is 42.2 Å². The zero-order valence-corrected chi connectivity index (χ0v) is 12.6. The minimum atomic E-state index is 0.572. The first-order valence-corrected chi connectivity index (χ1v) is 8.29. The van der Waals surface area contributed by atoms with Crippen LogP contribution in [0.1, 0.15) is 32.1 Å². The van der Waals surface area contributed by atoms with Gasteiger partial charge in [-0.15, -0.1) is 5.10 Å². The lowest BCUT2D eigenvalue weighted by atomic mass is 9.96. The highest BCUT2D eigenvalue weighted by Crippen LogP contribution is 2.28. The number of nitrogens with one attached hydrogen (secondary N) is 1. The Bertz CT molecular complexity index is 725. The van der Waals surface area contributed by atoms with E-state index < -0.39 is 0 Å². The van der Waals surface area contributed by atoms with Crippen LogP contribution in [0.3, 0.4) is 0 Å². The Morgan fingerprint density at radius 2 is 2.19 bits per heavy atom. The molecule has 0 bridgehead atoms. The van der Waals surface area contributed by atoms with Crippen molar-refractivity contribution in [1.29, 1.82) is 0 Å². The number of aromatic nitrogens is 3. The smallest absolute Gasteiger partial charge is 0.214 e. The van der Waals surface area contributed by atoms with E-state index in [9.17, 15) is 0 Å². The molecule has 1 fully saturated rings. The van der Waals surface area contributed by atoms with E-state index in [1.807, 2.05) is 28.9 Å². The number of anilines is 1. The van der Waals surface area contributed by atoms with Crippen LogP contribution in [-0.4, -0.2) is 20.6 Å². The molecule has 2 heterocycles. The molecule has 4 nitrogen and oxygen atoms in total. The molecule has 1 N–H and O–H groups in total. The molecule has 1 aliphatic carbocycles. The van der Waals surface area contributed by atoms with Gasteiger partial charge < -0.3 is 5.32 Å². The third kappa shape index (κ3) is 2.53. The minimum absolute atomic E-state index is 0.572. The summed E-state index contributed by atoms with van der Waals surface area (Å²) in [6, 6.07) is 11.6. The van der Waals surface area contributed by atoms with Gasteiger partial charge in [0.1, 0.15) is 0 Å². The number of imidazole rings is 1. The molecule has 0 spiro atoms. The van der Waals surface area contributed by atoms with Gasteiger partial charge in [0.2, 0.25) is 10.1 Å². The summed E-state index contributed by atoms with van der Waals surface area (Å²) in [5.74, 6) is 0. The van der Waals surface area contributed by atoms with Crippen molar-refractivity contribution >= 4 is 21.4 Å². The molecule has 21 heavy (non-hydrogen) atoms. The van der Waals surface area contributed by atoms with Crippen molar-refractivity contribution in [3.05, 3.63) is 36.5 Å². The second-order valence-corrected chi connectivity index (χ2v) is 6.47. The predicted octanol–water partition coefficient (Wildman–Crippen LogP) is 4.00. The van der Waals surface area contributed by atoms with E-state index in [2.05, 4.69) is 22.4 Å². The van der Waals surface area contributed by atoms with Crippen molar-refractivity contribution in [2.75, 3.05) is 5.32 Å². The van der Waals surface area contributed by atoms with Crippen LogP contribution in [0.5, 0.6) is 0 Å².